The lowest BCUT2D eigenvalue weighted by Gasteiger charge is -2.06. The fourth-order valence-corrected chi connectivity index (χ4v) is 1.84. The second-order valence-electron chi connectivity index (χ2n) is 4.29. The molecule has 0 radical (unpaired) electrons. The Bertz CT molecular complexity index is 864. The summed E-state index contributed by atoms with van der Waals surface area (Å²) in [5.74, 6) is -1.17. The Morgan fingerprint density at radius 3 is 2.95 bits per heavy atom. The molecule has 0 unspecified atom stereocenters. The zero-order chi connectivity index (χ0) is 14.8. The van der Waals surface area contributed by atoms with Gasteiger partial charge in [0.25, 0.3) is 11.6 Å². The molecule has 0 saturated heterocycles. The Morgan fingerprint density at radius 1 is 1.24 bits per heavy atom. The number of hydrogen-bond donors (Lipinski definition) is 1. The maximum atomic E-state index is 13.5. The summed E-state index contributed by atoms with van der Waals surface area (Å²) in [6.45, 7) is -0.252. The van der Waals surface area contributed by atoms with Crippen LogP contribution in [-0.4, -0.2) is 15.0 Å². The molecule has 0 bridgehead atoms. The number of halogens is 2. The van der Waals surface area contributed by atoms with Gasteiger partial charge in [0.15, 0.2) is 0 Å². The molecule has 0 aliphatic carbocycles. The second-order valence-corrected chi connectivity index (χ2v) is 4.29. The largest absolute Gasteiger partial charge is 0.460 e. The van der Waals surface area contributed by atoms with E-state index in [9.17, 15) is 13.6 Å². The monoisotopic (exact) mass is 289 g/mol. The van der Waals surface area contributed by atoms with E-state index in [4.69, 9.17) is 4.74 Å². The van der Waals surface area contributed by atoms with E-state index in [1.165, 1.54) is 18.5 Å². The van der Waals surface area contributed by atoms with Gasteiger partial charge in [0.2, 0.25) is 0 Å². The predicted molar refractivity (Wildman–Crippen MR) is 70.8 cm³/mol. The zero-order valence-corrected chi connectivity index (χ0v) is 10.6. The van der Waals surface area contributed by atoms with Crippen LogP contribution >= 0.6 is 0 Å². The van der Waals surface area contributed by atoms with Crippen molar-refractivity contribution in [2.45, 2.75) is 6.61 Å². The molecule has 0 amide bonds. The Kier molecular flexibility index (Phi) is 3.31. The number of H-pyrrole nitrogens is 1. The fourth-order valence-electron chi connectivity index (χ4n) is 1.84. The van der Waals surface area contributed by atoms with E-state index in [1.807, 2.05) is 0 Å². The van der Waals surface area contributed by atoms with Crippen LogP contribution in [0.25, 0.3) is 10.9 Å². The average Bonchev–Trinajstić information content (AvgIpc) is 2.48. The minimum atomic E-state index is -0.596. The van der Waals surface area contributed by atoms with E-state index in [0.717, 1.165) is 18.2 Å². The van der Waals surface area contributed by atoms with Crippen molar-refractivity contribution in [3.8, 4) is 6.01 Å². The molecule has 1 aromatic carbocycles. The van der Waals surface area contributed by atoms with Gasteiger partial charge in [-0.15, -0.1) is 0 Å². The number of rotatable bonds is 3. The normalized spacial score (nSPS) is 10.8. The molecule has 2 aromatic heterocycles. The first-order valence-corrected chi connectivity index (χ1v) is 6.04. The summed E-state index contributed by atoms with van der Waals surface area (Å²) in [4.78, 5) is 22.1. The van der Waals surface area contributed by atoms with Gasteiger partial charge >= 0.3 is 0 Å². The molecule has 3 rings (SSSR count). The summed E-state index contributed by atoms with van der Waals surface area (Å²) in [6.07, 6.45) is 2.89. The Balaban J connectivity index is 1.88. The minimum Gasteiger partial charge on any atom is -0.460 e. The fraction of sp³-hybridized carbons (Fsp3) is 0.0714. The lowest BCUT2D eigenvalue weighted by atomic mass is 10.2. The van der Waals surface area contributed by atoms with Crippen LogP contribution in [0.4, 0.5) is 8.78 Å². The van der Waals surface area contributed by atoms with E-state index in [2.05, 4.69) is 15.0 Å². The van der Waals surface area contributed by atoms with Crippen LogP contribution in [-0.2, 0) is 6.61 Å². The van der Waals surface area contributed by atoms with Crippen LogP contribution in [0.5, 0.6) is 6.01 Å². The van der Waals surface area contributed by atoms with Crippen LogP contribution in [0.1, 0.15) is 5.56 Å². The highest BCUT2D eigenvalue weighted by molar-refractivity contribution is 5.76. The summed E-state index contributed by atoms with van der Waals surface area (Å²) in [5.41, 5.74) is -0.00277. The molecule has 0 aliphatic rings. The SMILES string of the molecule is O=c1[nH]c(OCc2cc(F)ccc2F)nc2cnccc12. The Labute approximate surface area is 117 Å². The quantitative estimate of drug-likeness (QED) is 0.802. The summed E-state index contributed by atoms with van der Waals surface area (Å²) in [6, 6.07) is 4.49. The summed E-state index contributed by atoms with van der Waals surface area (Å²) in [7, 11) is 0. The Hall–Kier alpha value is -2.83. The molecule has 1 N–H and O–H groups in total. The zero-order valence-electron chi connectivity index (χ0n) is 10.6. The number of fused-ring (bicyclic) bond motifs is 1. The van der Waals surface area contributed by atoms with Crippen molar-refractivity contribution in [3.63, 3.8) is 0 Å². The number of hydrogen-bond acceptors (Lipinski definition) is 4. The van der Waals surface area contributed by atoms with E-state index >= 15 is 0 Å². The predicted octanol–water partition coefficient (Wildman–Crippen LogP) is 2.18. The van der Waals surface area contributed by atoms with Gasteiger partial charge in [-0.3, -0.25) is 14.8 Å². The standard InChI is InChI=1S/C14H9F2N3O2/c15-9-1-2-11(16)8(5-9)7-21-14-18-12-6-17-4-3-10(12)13(20)19-14/h1-6H,7H2,(H,18,19,20). The van der Waals surface area contributed by atoms with Crippen molar-refractivity contribution < 1.29 is 13.5 Å². The third-order valence-electron chi connectivity index (χ3n) is 2.86. The van der Waals surface area contributed by atoms with Crippen LogP contribution in [0.2, 0.25) is 0 Å². The highest BCUT2D eigenvalue weighted by Gasteiger charge is 2.08. The number of ether oxygens (including phenoxy) is 1. The van der Waals surface area contributed by atoms with Gasteiger partial charge in [0, 0.05) is 11.8 Å². The average molecular weight is 289 g/mol. The molecule has 0 atom stereocenters. The summed E-state index contributed by atoms with van der Waals surface area (Å²) in [5, 5.41) is 0.370. The number of pyridine rings is 1. The first-order chi connectivity index (χ1) is 10.1. The molecule has 7 heteroatoms. The molecule has 0 saturated carbocycles. The number of aromatic amines is 1. The van der Waals surface area contributed by atoms with Gasteiger partial charge < -0.3 is 4.74 Å². The van der Waals surface area contributed by atoms with E-state index in [1.54, 1.807) is 0 Å². The van der Waals surface area contributed by atoms with Gasteiger partial charge in [-0.25, -0.2) is 8.78 Å². The maximum Gasteiger partial charge on any atom is 0.297 e. The Morgan fingerprint density at radius 2 is 2.10 bits per heavy atom. The lowest BCUT2D eigenvalue weighted by molar-refractivity contribution is 0.275. The van der Waals surface area contributed by atoms with Gasteiger partial charge in [0.05, 0.1) is 17.1 Å². The maximum absolute atomic E-state index is 13.5. The van der Waals surface area contributed by atoms with Gasteiger partial charge in [0.1, 0.15) is 18.2 Å². The molecular formula is C14H9F2N3O2. The van der Waals surface area contributed by atoms with Crippen LogP contribution < -0.4 is 10.3 Å². The highest BCUT2D eigenvalue weighted by Crippen LogP contribution is 2.13. The highest BCUT2D eigenvalue weighted by atomic mass is 19.1. The lowest BCUT2D eigenvalue weighted by Crippen LogP contribution is -2.11. The smallest absolute Gasteiger partial charge is 0.297 e. The van der Waals surface area contributed by atoms with E-state index in [0.29, 0.717) is 10.9 Å². The number of benzene rings is 1. The van der Waals surface area contributed by atoms with Crippen molar-refractivity contribution in [1.29, 1.82) is 0 Å². The molecule has 3 aromatic rings. The molecule has 2 heterocycles. The van der Waals surface area contributed by atoms with E-state index < -0.39 is 17.2 Å². The van der Waals surface area contributed by atoms with Crippen LogP contribution in [0, 0.1) is 11.6 Å². The van der Waals surface area contributed by atoms with Crippen molar-refractivity contribution >= 4 is 10.9 Å². The van der Waals surface area contributed by atoms with Gasteiger partial charge in [-0.1, -0.05) is 0 Å². The van der Waals surface area contributed by atoms with Crippen molar-refractivity contribution in [2.75, 3.05) is 0 Å². The molecule has 106 valence electrons. The van der Waals surface area contributed by atoms with Gasteiger partial charge in [-0.05, 0) is 24.3 Å². The first-order valence-electron chi connectivity index (χ1n) is 6.04. The van der Waals surface area contributed by atoms with Crippen molar-refractivity contribution in [3.05, 3.63) is 64.2 Å². The topological polar surface area (TPSA) is 67.9 Å². The number of nitrogens with zero attached hydrogens (tertiary/aromatic N) is 2. The van der Waals surface area contributed by atoms with Crippen molar-refractivity contribution in [2.24, 2.45) is 0 Å². The van der Waals surface area contributed by atoms with Crippen LogP contribution in [0.15, 0.2) is 41.5 Å². The molecule has 5 nitrogen and oxygen atoms in total. The molecule has 0 aliphatic heterocycles. The first kappa shape index (κ1) is 13.2. The summed E-state index contributed by atoms with van der Waals surface area (Å²) < 4.78 is 31.7. The van der Waals surface area contributed by atoms with E-state index in [-0.39, 0.29) is 18.2 Å². The summed E-state index contributed by atoms with van der Waals surface area (Å²) >= 11 is 0. The minimum absolute atomic E-state index is 0.0314. The molecule has 0 spiro atoms. The third kappa shape index (κ3) is 2.71. The van der Waals surface area contributed by atoms with Gasteiger partial charge in [-0.2, -0.15) is 4.98 Å². The molecule has 0 fully saturated rings. The molecular weight excluding hydrogens is 280 g/mol. The third-order valence-corrected chi connectivity index (χ3v) is 2.86. The van der Waals surface area contributed by atoms with Crippen molar-refractivity contribution in [1.82, 2.24) is 15.0 Å². The number of aromatic nitrogens is 3. The second kappa shape index (κ2) is 5.28. The number of nitrogens with one attached hydrogen (secondary N) is 1. The molecule has 21 heavy (non-hydrogen) atoms. The van der Waals surface area contributed by atoms with Crippen LogP contribution in [0.3, 0.4) is 0 Å².